The second kappa shape index (κ2) is 7.97. The summed E-state index contributed by atoms with van der Waals surface area (Å²) in [4.78, 5) is 12.2. The van der Waals surface area contributed by atoms with E-state index in [1.54, 1.807) is 0 Å². The summed E-state index contributed by atoms with van der Waals surface area (Å²) in [6, 6.07) is 0.239. The molecule has 0 spiro atoms. The Kier molecular flexibility index (Phi) is 6.94. The smallest absolute Gasteiger partial charge is 0.223 e. The molecule has 2 nitrogen and oxygen atoms in total. The Hall–Kier alpha value is -0.240. The van der Waals surface area contributed by atoms with Crippen molar-refractivity contribution in [1.29, 1.82) is 0 Å². The maximum atomic E-state index is 12.2. The lowest BCUT2D eigenvalue weighted by Gasteiger charge is -2.24. The molecule has 17 heavy (non-hydrogen) atoms. The van der Waals surface area contributed by atoms with Gasteiger partial charge in [-0.15, -0.1) is 11.6 Å². The van der Waals surface area contributed by atoms with E-state index >= 15 is 0 Å². The first-order chi connectivity index (χ1) is 8.15. The zero-order valence-corrected chi connectivity index (χ0v) is 11.9. The molecule has 1 aliphatic rings. The molecule has 0 aliphatic heterocycles. The van der Waals surface area contributed by atoms with Crippen LogP contribution in [0.3, 0.4) is 0 Å². The van der Waals surface area contributed by atoms with Gasteiger partial charge in [0.25, 0.3) is 0 Å². The van der Waals surface area contributed by atoms with Gasteiger partial charge in [0.2, 0.25) is 5.91 Å². The summed E-state index contributed by atoms with van der Waals surface area (Å²) in [7, 11) is 0. The number of amides is 1. The number of nitrogens with one attached hydrogen (secondary N) is 1. The fraction of sp³-hybridized carbons (Fsp3) is 0.929. The predicted molar refractivity (Wildman–Crippen MR) is 73.3 cm³/mol. The molecule has 1 saturated carbocycles. The highest BCUT2D eigenvalue weighted by atomic mass is 35.5. The topological polar surface area (TPSA) is 29.1 Å². The van der Waals surface area contributed by atoms with Crippen LogP contribution in [0.4, 0.5) is 0 Å². The molecular formula is C14H26ClNO. The molecule has 100 valence electrons. The molecule has 3 heteroatoms. The summed E-state index contributed by atoms with van der Waals surface area (Å²) in [5.41, 5.74) is 0. The van der Waals surface area contributed by atoms with Gasteiger partial charge in [0, 0.05) is 17.8 Å². The lowest BCUT2D eigenvalue weighted by Crippen LogP contribution is -2.42. The SMILES string of the molecule is CC(C)C(CCCl)NC(=O)C1CCCCCC1. The third-order valence-corrected chi connectivity index (χ3v) is 4.00. The summed E-state index contributed by atoms with van der Waals surface area (Å²) in [5.74, 6) is 1.58. The van der Waals surface area contributed by atoms with Gasteiger partial charge in [-0.2, -0.15) is 0 Å². The van der Waals surface area contributed by atoms with Gasteiger partial charge in [0.1, 0.15) is 0 Å². The lowest BCUT2D eigenvalue weighted by atomic mass is 9.96. The lowest BCUT2D eigenvalue weighted by molar-refractivity contribution is -0.126. The zero-order valence-electron chi connectivity index (χ0n) is 11.2. The largest absolute Gasteiger partial charge is 0.353 e. The number of carbonyl (C=O) groups is 1. The molecule has 0 heterocycles. The Morgan fingerprint density at radius 3 is 2.29 bits per heavy atom. The fourth-order valence-electron chi connectivity index (χ4n) is 2.53. The number of rotatable bonds is 5. The predicted octanol–water partition coefficient (Wildman–Crippen LogP) is 3.73. The Labute approximate surface area is 110 Å². The monoisotopic (exact) mass is 259 g/mol. The van der Waals surface area contributed by atoms with E-state index < -0.39 is 0 Å². The minimum atomic E-state index is 0.239. The maximum absolute atomic E-state index is 12.2. The van der Waals surface area contributed by atoms with Gasteiger partial charge in [-0.05, 0) is 25.2 Å². The Morgan fingerprint density at radius 1 is 1.24 bits per heavy atom. The first kappa shape index (κ1) is 14.8. The third-order valence-electron chi connectivity index (χ3n) is 3.78. The van der Waals surface area contributed by atoms with Crippen LogP contribution in [0.25, 0.3) is 0 Å². The molecule has 1 atom stereocenters. The number of carbonyl (C=O) groups excluding carboxylic acids is 1. The molecule has 0 bridgehead atoms. The van der Waals surface area contributed by atoms with Crippen LogP contribution in [0.5, 0.6) is 0 Å². The van der Waals surface area contributed by atoms with Crippen LogP contribution in [-0.2, 0) is 4.79 Å². The van der Waals surface area contributed by atoms with Crippen molar-refractivity contribution >= 4 is 17.5 Å². The minimum absolute atomic E-state index is 0.239. The molecule has 0 aromatic rings. The van der Waals surface area contributed by atoms with Crippen molar-refractivity contribution in [2.45, 2.75) is 64.8 Å². The summed E-state index contributed by atoms with van der Waals surface area (Å²) in [6.45, 7) is 4.29. The molecule has 1 amide bonds. The minimum Gasteiger partial charge on any atom is -0.353 e. The second-order valence-corrected chi connectivity index (χ2v) is 5.90. The van der Waals surface area contributed by atoms with Gasteiger partial charge in [0.15, 0.2) is 0 Å². The first-order valence-corrected chi connectivity index (χ1v) is 7.55. The van der Waals surface area contributed by atoms with Crippen LogP contribution in [0, 0.1) is 11.8 Å². The van der Waals surface area contributed by atoms with E-state index in [1.165, 1.54) is 25.7 Å². The highest BCUT2D eigenvalue weighted by Gasteiger charge is 2.23. The summed E-state index contributed by atoms with van der Waals surface area (Å²) in [6.07, 6.45) is 8.00. The van der Waals surface area contributed by atoms with E-state index in [4.69, 9.17) is 11.6 Å². The van der Waals surface area contributed by atoms with Crippen molar-refractivity contribution in [3.05, 3.63) is 0 Å². The van der Waals surface area contributed by atoms with Gasteiger partial charge in [-0.25, -0.2) is 0 Å². The average Bonchev–Trinajstić information content (AvgIpc) is 2.56. The molecular weight excluding hydrogens is 234 g/mol. The van der Waals surface area contributed by atoms with E-state index in [0.29, 0.717) is 11.8 Å². The first-order valence-electron chi connectivity index (χ1n) is 7.01. The van der Waals surface area contributed by atoms with E-state index in [2.05, 4.69) is 19.2 Å². The van der Waals surface area contributed by atoms with Crippen molar-refractivity contribution in [3.8, 4) is 0 Å². The van der Waals surface area contributed by atoms with Gasteiger partial charge in [-0.1, -0.05) is 39.5 Å². The fourth-order valence-corrected chi connectivity index (χ4v) is 2.77. The summed E-state index contributed by atoms with van der Waals surface area (Å²) >= 11 is 5.78. The summed E-state index contributed by atoms with van der Waals surface area (Å²) in [5, 5.41) is 3.19. The molecule has 1 fully saturated rings. The van der Waals surface area contributed by atoms with Gasteiger partial charge in [0.05, 0.1) is 0 Å². The number of hydrogen-bond donors (Lipinski definition) is 1. The molecule has 0 saturated heterocycles. The van der Waals surface area contributed by atoms with Crippen LogP contribution in [-0.4, -0.2) is 17.8 Å². The number of hydrogen-bond acceptors (Lipinski definition) is 1. The van der Waals surface area contributed by atoms with Crippen LogP contribution in [0.2, 0.25) is 0 Å². The molecule has 0 aromatic carbocycles. The Balaban J connectivity index is 2.44. The molecule has 1 N–H and O–H groups in total. The normalized spacial score (nSPS) is 20.0. The molecule has 0 aromatic heterocycles. The molecule has 1 aliphatic carbocycles. The third kappa shape index (κ3) is 5.29. The van der Waals surface area contributed by atoms with Crippen molar-refractivity contribution in [2.24, 2.45) is 11.8 Å². The van der Waals surface area contributed by atoms with Crippen LogP contribution >= 0.6 is 11.6 Å². The highest BCUT2D eigenvalue weighted by molar-refractivity contribution is 6.17. The van der Waals surface area contributed by atoms with Crippen LogP contribution < -0.4 is 5.32 Å². The average molecular weight is 260 g/mol. The standard InChI is InChI=1S/C14H26ClNO/c1-11(2)13(9-10-15)16-14(17)12-7-5-3-4-6-8-12/h11-13H,3-10H2,1-2H3,(H,16,17). The van der Waals surface area contributed by atoms with Gasteiger partial charge in [-0.3, -0.25) is 4.79 Å². The molecule has 1 rings (SSSR count). The van der Waals surface area contributed by atoms with Gasteiger partial charge < -0.3 is 5.32 Å². The van der Waals surface area contributed by atoms with Crippen molar-refractivity contribution in [1.82, 2.24) is 5.32 Å². The van der Waals surface area contributed by atoms with Crippen molar-refractivity contribution in [2.75, 3.05) is 5.88 Å². The molecule has 0 radical (unpaired) electrons. The Bertz CT molecular complexity index is 222. The van der Waals surface area contributed by atoms with Crippen LogP contribution in [0.15, 0.2) is 0 Å². The number of halogens is 1. The van der Waals surface area contributed by atoms with Gasteiger partial charge >= 0.3 is 0 Å². The zero-order chi connectivity index (χ0) is 12.7. The van der Waals surface area contributed by atoms with E-state index in [1.807, 2.05) is 0 Å². The maximum Gasteiger partial charge on any atom is 0.223 e. The summed E-state index contributed by atoms with van der Waals surface area (Å²) < 4.78 is 0. The van der Waals surface area contributed by atoms with Crippen molar-refractivity contribution < 1.29 is 4.79 Å². The van der Waals surface area contributed by atoms with Crippen molar-refractivity contribution in [3.63, 3.8) is 0 Å². The van der Waals surface area contributed by atoms with Crippen LogP contribution in [0.1, 0.15) is 58.8 Å². The second-order valence-electron chi connectivity index (χ2n) is 5.53. The van der Waals surface area contributed by atoms with E-state index in [9.17, 15) is 4.79 Å². The van der Waals surface area contributed by atoms with E-state index in [-0.39, 0.29) is 17.9 Å². The highest BCUT2D eigenvalue weighted by Crippen LogP contribution is 2.23. The van der Waals surface area contributed by atoms with E-state index in [0.717, 1.165) is 19.3 Å². The quantitative estimate of drug-likeness (QED) is 0.592. The number of alkyl halides is 1. The Morgan fingerprint density at radius 2 is 1.82 bits per heavy atom. The molecule has 1 unspecified atom stereocenters.